The van der Waals surface area contributed by atoms with Gasteiger partial charge in [0, 0.05) is 16.7 Å². The molecule has 1 aliphatic heterocycles. The van der Waals surface area contributed by atoms with Crippen LogP contribution in [0.3, 0.4) is 0 Å². The quantitative estimate of drug-likeness (QED) is 0.832. The molecule has 0 saturated carbocycles. The van der Waals surface area contributed by atoms with Gasteiger partial charge in [-0.25, -0.2) is 0 Å². The SMILES string of the molecule is CC(C)(C)c1cc(C(c2cccs2)[NH+]2CCOCC2)cc(C(C)(C)C)c1O. The van der Waals surface area contributed by atoms with Gasteiger partial charge in [-0.15, -0.1) is 11.3 Å². The molecule has 0 radical (unpaired) electrons. The summed E-state index contributed by atoms with van der Waals surface area (Å²) in [7, 11) is 0. The number of quaternary nitrogens is 1. The van der Waals surface area contributed by atoms with E-state index in [0.29, 0.717) is 5.75 Å². The number of morpholine rings is 1. The Kier molecular flexibility index (Phi) is 5.72. The highest BCUT2D eigenvalue weighted by Crippen LogP contribution is 2.41. The van der Waals surface area contributed by atoms with Crippen LogP contribution in [0.2, 0.25) is 0 Å². The molecule has 27 heavy (non-hydrogen) atoms. The van der Waals surface area contributed by atoms with Crippen molar-refractivity contribution in [1.29, 1.82) is 0 Å². The van der Waals surface area contributed by atoms with Gasteiger partial charge in [-0.05, 0) is 34.4 Å². The molecule has 0 aliphatic carbocycles. The fourth-order valence-corrected chi connectivity index (χ4v) is 4.86. The van der Waals surface area contributed by atoms with E-state index in [4.69, 9.17) is 4.74 Å². The molecule has 3 rings (SSSR count). The van der Waals surface area contributed by atoms with E-state index in [2.05, 4.69) is 71.2 Å². The lowest BCUT2D eigenvalue weighted by Gasteiger charge is -2.34. The number of rotatable bonds is 3. The first-order valence-electron chi connectivity index (χ1n) is 9.92. The van der Waals surface area contributed by atoms with E-state index < -0.39 is 0 Å². The summed E-state index contributed by atoms with van der Waals surface area (Å²) in [6.45, 7) is 16.7. The number of phenols is 1. The average Bonchev–Trinajstić information content (AvgIpc) is 3.09. The number of nitrogens with one attached hydrogen (secondary N) is 1. The highest BCUT2D eigenvalue weighted by atomic mass is 32.1. The van der Waals surface area contributed by atoms with E-state index in [0.717, 1.165) is 37.4 Å². The Morgan fingerprint density at radius 2 is 1.56 bits per heavy atom. The summed E-state index contributed by atoms with van der Waals surface area (Å²) in [6.07, 6.45) is 0. The second-order valence-corrected chi connectivity index (χ2v) is 10.7. The third-order valence-corrected chi connectivity index (χ3v) is 6.39. The zero-order valence-electron chi connectivity index (χ0n) is 17.6. The minimum atomic E-state index is -0.111. The van der Waals surface area contributed by atoms with E-state index in [1.54, 1.807) is 4.90 Å². The highest BCUT2D eigenvalue weighted by molar-refractivity contribution is 7.10. The molecule has 1 aromatic heterocycles. The van der Waals surface area contributed by atoms with Gasteiger partial charge in [0.2, 0.25) is 0 Å². The van der Waals surface area contributed by atoms with Crippen LogP contribution < -0.4 is 4.90 Å². The molecule has 1 saturated heterocycles. The van der Waals surface area contributed by atoms with Crippen LogP contribution in [0.5, 0.6) is 5.75 Å². The Labute approximate surface area is 168 Å². The van der Waals surface area contributed by atoms with E-state index in [1.807, 2.05) is 11.3 Å². The van der Waals surface area contributed by atoms with Crippen molar-refractivity contribution >= 4 is 11.3 Å². The van der Waals surface area contributed by atoms with Crippen LogP contribution in [0.1, 0.15) is 69.2 Å². The maximum atomic E-state index is 11.1. The van der Waals surface area contributed by atoms with Gasteiger partial charge in [0.15, 0.2) is 0 Å². The standard InChI is InChI=1S/C23H33NO2S/c1-22(2,3)17-14-16(15-18(21(17)25)23(4,5)6)20(19-8-7-13-27-19)24-9-11-26-12-10-24/h7-8,13-15,20,25H,9-12H2,1-6H3/p+1. The van der Waals surface area contributed by atoms with Crippen molar-refractivity contribution in [3.05, 3.63) is 51.2 Å². The average molecular weight is 389 g/mol. The Morgan fingerprint density at radius 1 is 1.00 bits per heavy atom. The van der Waals surface area contributed by atoms with Crippen LogP contribution in [0.25, 0.3) is 0 Å². The summed E-state index contributed by atoms with van der Waals surface area (Å²) in [4.78, 5) is 2.94. The number of phenolic OH excluding ortho intramolecular Hbond substituents is 1. The lowest BCUT2D eigenvalue weighted by atomic mass is 9.77. The van der Waals surface area contributed by atoms with Crippen molar-refractivity contribution in [1.82, 2.24) is 0 Å². The third kappa shape index (κ3) is 4.39. The topological polar surface area (TPSA) is 33.9 Å². The predicted octanol–water partition coefficient (Wildman–Crippen LogP) is 4.05. The van der Waals surface area contributed by atoms with Crippen molar-refractivity contribution < 1.29 is 14.7 Å². The summed E-state index contributed by atoms with van der Waals surface area (Å²) in [5.41, 5.74) is 3.17. The molecule has 148 valence electrons. The van der Waals surface area contributed by atoms with Gasteiger partial charge in [0.25, 0.3) is 0 Å². The number of ether oxygens (including phenoxy) is 1. The molecular formula is C23H34NO2S+. The number of hydrogen-bond donors (Lipinski definition) is 2. The fraction of sp³-hybridized carbons (Fsp3) is 0.565. The number of thiophene rings is 1. The van der Waals surface area contributed by atoms with Crippen LogP contribution in [-0.4, -0.2) is 31.4 Å². The second kappa shape index (κ2) is 7.57. The minimum absolute atomic E-state index is 0.111. The molecule has 2 heterocycles. The van der Waals surface area contributed by atoms with Crippen LogP contribution in [-0.2, 0) is 15.6 Å². The molecule has 0 spiro atoms. The van der Waals surface area contributed by atoms with Crippen LogP contribution in [0.15, 0.2) is 29.6 Å². The third-order valence-electron chi connectivity index (χ3n) is 5.45. The molecule has 4 heteroatoms. The van der Waals surface area contributed by atoms with Crippen molar-refractivity contribution in [2.75, 3.05) is 26.3 Å². The number of benzene rings is 1. The number of hydrogen-bond acceptors (Lipinski definition) is 3. The maximum absolute atomic E-state index is 11.1. The van der Waals surface area contributed by atoms with Crippen molar-refractivity contribution in [3.63, 3.8) is 0 Å². The molecule has 3 nitrogen and oxygen atoms in total. The Bertz CT molecular complexity index is 728. The first kappa shape index (κ1) is 20.4. The summed E-state index contributed by atoms with van der Waals surface area (Å²) >= 11 is 1.83. The van der Waals surface area contributed by atoms with Crippen molar-refractivity contribution in [2.24, 2.45) is 0 Å². The van der Waals surface area contributed by atoms with Gasteiger partial charge >= 0.3 is 0 Å². The fourth-order valence-electron chi connectivity index (χ4n) is 3.95. The highest BCUT2D eigenvalue weighted by Gasteiger charge is 2.33. The van der Waals surface area contributed by atoms with Crippen LogP contribution in [0, 0.1) is 0 Å². The van der Waals surface area contributed by atoms with Crippen LogP contribution >= 0.6 is 11.3 Å². The Morgan fingerprint density at radius 3 is 2.00 bits per heavy atom. The molecule has 1 atom stereocenters. The van der Waals surface area contributed by atoms with Gasteiger partial charge in [0.05, 0.1) is 18.1 Å². The summed E-state index contributed by atoms with van der Waals surface area (Å²) in [5, 5.41) is 13.2. The molecule has 1 fully saturated rings. The molecule has 0 bridgehead atoms. The maximum Gasteiger partial charge on any atom is 0.148 e. The van der Waals surface area contributed by atoms with E-state index >= 15 is 0 Å². The summed E-state index contributed by atoms with van der Waals surface area (Å²) in [6, 6.07) is 9.17. The Balaban J connectivity index is 2.19. The van der Waals surface area contributed by atoms with E-state index in [1.165, 1.54) is 10.4 Å². The zero-order chi connectivity index (χ0) is 19.8. The zero-order valence-corrected chi connectivity index (χ0v) is 18.4. The smallest absolute Gasteiger partial charge is 0.148 e. The van der Waals surface area contributed by atoms with Crippen molar-refractivity contribution in [3.8, 4) is 5.75 Å². The lowest BCUT2D eigenvalue weighted by Crippen LogP contribution is -3.14. The summed E-state index contributed by atoms with van der Waals surface area (Å²) < 4.78 is 5.62. The first-order valence-corrected chi connectivity index (χ1v) is 10.8. The van der Waals surface area contributed by atoms with Gasteiger partial charge in [-0.1, -0.05) is 47.6 Å². The Hall–Kier alpha value is -1.36. The lowest BCUT2D eigenvalue weighted by molar-refractivity contribution is -0.932. The molecule has 1 unspecified atom stereocenters. The molecule has 1 aromatic carbocycles. The van der Waals surface area contributed by atoms with Gasteiger partial charge < -0.3 is 14.7 Å². The van der Waals surface area contributed by atoms with Crippen molar-refractivity contribution in [2.45, 2.75) is 58.4 Å². The number of aromatic hydroxyl groups is 1. The minimum Gasteiger partial charge on any atom is -0.507 e. The molecule has 2 N–H and O–H groups in total. The van der Waals surface area contributed by atoms with Gasteiger partial charge in [-0.3, -0.25) is 0 Å². The first-order chi connectivity index (χ1) is 12.6. The second-order valence-electron chi connectivity index (χ2n) is 9.68. The molecular weight excluding hydrogens is 354 g/mol. The van der Waals surface area contributed by atoms with E-state index in [9.17, 15) is 5.11 Å². The van der Waals surface area contributed by atoms with Gasteiger partial charge in [0.1, 0.15) is 24.9 Å². The normalized spacial score (nSPS) is 17.9. The predicted molar refractivity (Wildman–Crippen MR) is 113 cm³/mol. The molecule has 0 amide bonds. The molecule has 1 aliphatic rings. The van der Waals surface area contributed by atoms with Crippen LogP contribution in [0.4, 0.5) is 0 Å². The van der Waals surface area contributed by atoms with E-state index in [-0.39, 0.29) is 16.9 Å². The summed E-state index contributed by atoms with van der Waals surface area (Å²) in [5.74, 6) is 0.459. The molecule has 2 aromatic rings. The van der Waals surface area contributed by atoms with Gasteiger partial charge in [-0.2, -0.15) is 0 Å². The largest absolute Gasteiger partial charge is 0.507 e. The monoisotopic (exact) mass is 388 g/mol.